The first-order valence-corrected chi connectivity index (χ1v) is 8.13. The number of rotatable bonds is 6. The maximum atomic E-state index is 12.2. The van der Waals surface area contributed by atoms with E-state index >= 15 is 0 Å². The molecule has 4 heteroatoms. The van der Waals surface area contributed by atoms with Gasteiger partial charge in [-0.1, -0.05) is 13.8 Å². The normalized spacial score (nSPS) is 31.2. The first-order valence-electron chi connectivity index (χ1n) is 8.13. The van der Waals surface area contributed by atoms with E-state index in [0.717, 1.165) is 32.5 Å². The quantitative estimate of drug-likeness (QED) is 0.777. The van der Waals surface area contributed by atoms with E-state index in [-0.39, 0.29) is 11.9 Å². The van der Waals surface area contributed by atoms with Crippen LogP contribution in [-0.4, -0.2) is 42.0 Å². The van der Waals surface area contributed by atoms with Crippen LogP contribution >= 0.6 is 0 Å². The second-order valence-corrected chi connectivity index (χ2v) is 7.55. The van der Waals surface area contributed by atoms with Crippen LogP contribution in [0, 0.1) is 17.8 Å². The molecule has 0 aromatic heterocycles. The number of piperidine rings is 1. The zero-order valence-corrected chi connectivity index (χ0v) is 13.5. The molecule has 3 unspecified atom stereocenters. The van der Waals surface area contributed by atoms with E-state index in [4.69, 9.17) is 5.73 Å². The lowest BCUT2D eigenvalue weighted by atomic mass is 9.86. The summed E-state index contributed by atoms with van der Waals surface area (Å²) < 4.78 is 0. The summed E-state index contributed by atoms with van der Waals surface area (Å²) in [7, 11) is 0. The standard InChI is InChI=1S/C16H31N3O/c1-11(2)18-16(15(17)20,14-5-6-14)10-19-8-12(3)7-13(4)9-19/h11-14,18H,5-10H2,1-4H3,(H2,17,20). The van der Waals surface area contributed by atoms with Gasteiger partial charge >= 0.3 is 0 Å². The van der Waals surface area contributed by atoms with Crippen LogP contribution in [0.1, 0.15) is 47.0 Å². The molecule has 0 aromatic rings. The Balaban J connectivity index is 2.12. The number of amides is 1. The van der Waals surface area contributed by atoms with Crippen molar-refractivity contribution in [3.05, 3.63) is 0 Å². The Morgan fingerprint density at radius 2 is 1.85 bits per heavy atom. The van der Waals surface area contributed by atoms with E-state index in [2.05, 4.69) is 37.9 Å². The molecule has 116 valence electrons. The van der Waals surface area contributed by atoms with Gasteiger partial charge in [-0.15, -0.1) is 0 Å². The van der Waals surface area contributed by atoms with Crippen molar-refractivity contribution in [1.29, 1.82) is 0 Å². The van der Waals surface area contributed by atoms with Crippen molar-refractivity contribution in [2.75, 3.05) is 19.6 Å². The lowest BCUT2D eigenvalue weighted by Gasteiger charge is -2.42. The molecule has 0 aromatic carbocycles. The highest BCUT2D eigenvalue weighted by molar-refractivity contribution is 5.86. The van der Waals surface area contributed by atoms with E-state index in [9.17, 15) is 4.79 Å². The van der Waals surface area contributed by atoms with E-state index in [1.165, 1.54) is 6.42 Å². The van der Waals surface area contributed by atoms with Crippen molar-refractivity contribution in [1.82, 2.24) is 10.2 Å². The number of carbonyl (C=O) groups excluding carboxylic acids is 1. The summed E-state index contributed by atoms with van der Waals surface area (Å²) in [6.07, 6.45) is 3.55. The maximum Gasteiger partial charge on any atom is 0.239 e. The zero-order chi connectivity index (χ0) is 14.9. The van der Waals surface area contributed by atoms with Crippen LogP contribution in [-0.2, 0) is 4.79 Å². The predicted octanol–water partition coefficient (Wildman–Crippen LogP) is 1.60. The molecule has 1 aliphatic heterocycles. The van der Waals surface area contributed by atoms with Gasteiger partial charge in [0.2, 0.25) is 5.91 Å². The van der Waals surface area contributed by atoms with E-state index < -0.39 is 5.54 Å². The minimum absolute atomic E-state index is 0.167. The van der Waals surface area contributed by atoms with Crippen molar-refractivity contribution in [3.8, 4) is 0 Å². The van der Waals surface area contributed by atoms with Gasteiger partial charge in [-0.25, -0.2) is 0 Å². The van der Waals surface area contributed by atoms with Gasteiger partial charge in [-0.3, -0.25) is 10.1 Å². The number of likely N-dealkylation sites (tertiary alicyclic amines) is 1. The molecule has 1 amide bonds. The molecule has 4 nitrogen and oxygen atoms in total. The van der Waals surface area contributed by atoms with Crippen LogP contribution < -0.4 is 11.1 Å². The molecule has 1 saturated carbocycles. The molecule has 0 bridgehead atoms. The lowest BCUT2D eigenvalue weighted by molar-refractivity contribution is -0.127. The number of hydrogen-bond donors (Lipinski definition) is 2. The third-order valence-electron chi connectivity index (χ3n) is 4.68. The van der Waals surface area contributed by atoms with Gasteiger partial charge < -0.3 is 10.6 Å². The van der Waals surface area contributed by atoms with Gasteiger partial charge in [-0.05, 0) is 50.9 Å². The topological polar surface area (TPSA) is 58.4 Å². The Morgan fingerprint density at radius 3 is 2.25 bits per heavy atom. The number of nitrogens with one attached hydrogen (secondary N) is 1. The van der Waals surface area contributed by atoms with Crippen molar-refractivity contribution < 1.29 is 4.79 Å². The van der Waals surface area contributed by atoms with Crippen molar-refractivity contribution in [2.45, 2.75) is 58.5 Å². The fraction of sp³-hybridized carbons (Fsp3) is 0.938. The zero-order valence-electron chi connectivity index (χ0n) is 13.5. The van der Waals surface area contributed by atoms with Gasteiger partial charge in [0.05, 0.1) is 0 Å². The van der Waals surface area contributed by atoms with Crippen LogP contribution in [0.2, 0.25) is 0 Å². The molecule has 20 heavy (non-hydrogen) atoms. The van der Waals surface area contributed by atoms with Gasteiger partial charge in [0.15, 0.2) is 0 Å². The van der Waals surface area contributed by atoms with Crippen LogP contribution in [0.3, 0.4) is 0 Å². The summed E-state index contributed by atoms with van der Waals surface area (Å²) >= 11 is 0. The third kappa shape index (κ3) is 3.53. The second-order valence-electron chi connectivity index (χ2n) is 7.55. The molecule has 1 aliphatic carbocycles. The molecule has 2 fully saturated rings. The van der Waals surface area contributed by atoms with Gasteiger partial charge in [0, 0.05) is 25.7 Å². The summed E-state index contributed by atoms with van der Waals surface area (Å²) in [5.41, 5.74) is 5.30. The largest absolute Gasteiger partial charge is 0.368 e. The van der Waals surface area contributed by atoms with Crippen LogP contribution in [0.4, 0.5) is 0 Å². The van der Waals surface area contributed by atoms with Crippen molar-refractivity contribution >= 4 is 5.91 Å². The monoisotopic (exact) mass is 281 g/mol. The van der Waals surface area contributed by atoms with E-state index in [1.807, 2.05) is 0 Å². The van der Waals surface area contributed by atoms with Crippen LogP contribution in [0.15, 0.2) is 0 Å². The second kappa shape index (κ2) is 6.02. The van der Waals surface area contributed by atoms with Crippen molar-refractivity contribution in [3.63, 3.8) is 0 Å². The molecule has 0 radical (unpaired) electrons. The number of hydrogen-bond acceptors (Lipinski definition) is 3. The molecule has 3 atom stereocenters. The summed E-state index contributed by atoms with van der Waals surface area (Å²) in [5, 5.41) is 3.52. The molecule has 2 rings (SSSR count). The summed E-state index contributed by atoms with van der Waals surface area (Å²) in [4.78, 5) is 14.7. The van der Waals surface area contributed by atoms with Crippen LogP contribution in [0.5, 0.6) is 0 Å². The third-order valence-corrected chi connectivity index (χ3v) is 4.68. The predicted molar refractivity (Wildman–Crippen MR) is 82.3 cm³/mol. The van der Waals surface area contributed by atoms with Gasteiger partial charge in [0.1, 0.15) is 5.54 Å². The number of carbonyl (C=O) groups is 1. The molecule has 1 saturated heterocycles. The number of nitrogens with zero attached hydrogens (tertiary/aromatic N) is 1. The highest BCUT2D eigenvalue weighted by Gasteiger charge is 2.51. The molecule has 2 aliphatic rings. The molecular formula is C16H31N3O. The first kappa shape index (κ1) is 15.8. The van der Waals surface area contributed by atoms with Crippen LogP contribution in [0.25, 0.3) is 0 Å². The highest BCUT2D eigenvalue weighted by atomic mass is 16.1. The smallest absolute Gasteiger partial charge is 0.239 e. The Kier molecular flexibility index (Phi) is 4.75. The minimum Gasteiger partial charge on any atom is -0.368 e. The molecule has 3 N–H and O–H groups in total. The number of nitrogens with two attached hydrogens (primary N) is 1. The first-order chi connectivity index (χ1) is 9.33. The Labute approximate surface area is 123 Å². The molecule has 1 heterocycles. The Hall–Kier alpha value is -0.610. The number of primary amides is 1. The molecular weight excluding hydrogens is 250 g/mol. The van der Waals surface area contributed by atoms with E-state index in [0.29, 0.717) is 17.8 Å². The Bertz CT molecular complexity index is 344. The van der Waals surface area contributed by atoms with Gasteiger partial charge in [0.25, 0.3) is 0 Å². The minimum atomic E-state index is -0.523. The van der Waals surface area contributed by atoms with E-state index in [1.54, 1.807) is 0 Å². The molecule has 0 spiro atoms. The SMILES string of the molecule is CC1CC(C)CN(CC(NC(C)C)(C(N)=O)C2CC2)C1. The summed E-state index contributed by atoms with van der Waals surface area (Å²) in [6.45, 7) is 11.8. The fourth-order valence-electron chi connectivity index (χ4n) is 4.01. The lowest BCUT2D eigenvalue weighted by Crippen LogP contribution is -2.65. The average Bonchev–Trinajstić information content (AvgIpc) is 3.09. The van der Waals surface area contributed by atoms with Crippen molar-refractivity contribution in [2.24, 2.45) is 23.5 Å². The summed E-state index contributed by atoms with van der Waals surface area (Å²) in [5.74, 6) is 1.68. The highest BCUT2D eigenvalue weighted by Crippen LogP contribution is 2.41. The fourth-order valence-corrected chi connectivity index (χ4v) is 4.01. The average molecular weight is 281 g/mol. The Morgan fingerprint density at radius 1 is 1.30 bits per heavy atom. The van der Waals surface area contributed by atoms with Gasteiger partial charge in [-0.2, -0.15) is 0 Å². The maximum absolute atomic E-state index is 12.2. The summed E-state index contributed by atoms with van der Waals surface area (Å²) in [6, 6.07) is 0.280.